The highest BCUT2D eigenvalue weighted by Crippen LogP contribution is 2.30. The van der Waals surface area contributed by atoms with E-state index in [2.05, 4.69) is 21.6 Å². The molecule has 0 saturated carbocycles. The second kappa shape index (κ2) is 7.21. The number of carbonyl (C=O) groups excluding carboxylic acids is 1. The van der Waals surface area contributed by atoms with Crippen molar-refractivity contribution in [3.05, 3.63) is 5.82 Å². The number of hydrogen-bond donors (Lipinski definition) is 1. The molecule has 1 N–H and O–H groups in total. The number of nitrogens with zero attached hydrogens (tertiary/aromatic N) is 2. The Hall–Kier alpha value is -0.660. The highest BCUT2D eigenvalue weighted by molar-refractivity contribution is 8.01. The smallest absolute Gasteiger partial charge is 0.326 e. The van der Waals surface area contributed by atoms with Crippen LogP contribution >= 0.6 is 23.3 Å². The molecule has 1 heterocycles. The second-order valence-electron chi connectivity index (χ2n) is 4.54. The molecule has 0 fully saturated rings. The minimum Gasteiger partial charge on any atom is -0.465 e. The number of thioether (sulfide) groups is 1. The van der Waals surface area contributed by atoms with Crippen LogP contribution < -0.4 is 5.32 Å². The standard InChI is InChI=1S/C12H21N3O2S2/c1-6-17-10(16)12(4,13-5)7-8(2)18-11-14-9(3)15-19-11/h8,13H,6-7H2,1-5H3. The van der Waals surface area contributed by atoms with E-state index in [1.54, 1.807) is 18.8 Å². The van der Waals surface area contributed by atoms with Crippen LogP contribution in [0.25, 0.3) is 0 Å². The van der Waals surface area contributed by atoms with Crippen LogP contribution in [0.2, 0.25) is 0 Å². The van der Waals surface area contributed by atoms with Gasteiger partial charge >= 0.3 is 5.97 Å². The Morgan fingerprint density at radius 2 is 2.32 bits per heavy atom. The molecule has 1 aromatic heterocycles. The number of rotatable bonds is 7. The maximum absolute atomic E-state index is 12.0. The molecule has 0 bridgehead atoms. The molecule has 0 aromatic carbocycles. The highest BCUT2D eigenvalue weighted by Gasteiger charge is 2.35. The first-order chi connectivity index (χ1) is 8.91. The molecule has 2 unspecified atom stereocenters. The summed E-state index contributed by atoms with van der Waals surface area (Å²) in [6.07, 6.45) is 0.672. The van der Waals surface area contributed by atoms with Crippen LogP contribution in [0.3, 0.4) is 0 Å². The highest BCUT2D eigenvalue weighted by atomic mass is 32.2. The summed E-state index contributed by atoms with van der Waals surface area (Å²) in [5.41, 5.74) is -0.665. The van der Waals surface area contributed by atoms with Gasteiger partial charge in [-0.15, -0.1) is 0 Å². The Labute approximate surface area is 122 Å². The summed E-state index contributed by atoms with van der Waals surface area (Å²) >= 11 is 3.03. The maximum Gasteiger partial charge on any atom is 0.326 e. The molecular weight excluding hydrogens is 282 g/mol. The Balaban J connectivity index is 2.62. The van der Waals surface area contributed by atoms with Gasteiger partial charge in [0.2, 0.25) is 0 Å². The number of likely N-dealkylation sites (N-methyl/N-ethyl adjacent to an activating group) is 1. The van der Waals surface area contributed by atoms with Gasteiger partial charge in [0, 0.05) is 5.25 Å². The molecule has 0 aliphatic carbocycles. The summed E-state index contributed by atoms with van der Waals surface area (Å²) in [6, 6.07) is 0. The summed E-state index contributed by atoms with van der Waals surface area (Å²) in [6.45, 7) is 8.04. The van der Waals surface area contributed by atoms with Gasteiger partial charge in [0.25, 0.3) is 0 Å². The van der Waals surface area contributed by atoms with Crippen LogP contribution in [0, 0.1) is 6.92 Å². The van der Waals surface area contributed by atoms with Gasteiger partial charge in [-0.2, -0.15) is 4.37 Å². The molecule has 5 nitrogen and oxygen atoms in total. The fourth-order valence-corrected chi connectivity index (χ4v) is 3.84. The summed E-state index contributed by atoms with van der Waals surface area (Å²) in [5.74, 6) is 0.583. The zero-order valence-corrected chi connectivity index (χ0v) is 13.7. The van der Waals surface area contributed by atoms with Crippen LogP contribution in [0.1, 0.15) is 33.0 Å². The van der Waals surface area contributed by atoms with Crippen LogP contribution in [0.15, 0.2) is 4.34 Å². The van der Waals surface area contributed by atoms with Crippen LogP contribution in [0.5, 0.6) is 0 Å². The van der Waals surface area contributed by atoms with Crippen molar-refractivity contribution in [2.45, 2.75) is 49.2 Å². The van der Waals surface area contributed by atoms with Crippen LogP contribution in [-0.4, -0.2) is 39.8 Å². The van der Waals surface area contributed by atoms with Gasteiger partial charge in [-0.05, 0) is 45.8 Å². The largest absolute Gasteiger partial charge is 0.465 e. The summed E-state index contributed by atoms with van der Waals surface area (Å²) < 4.78 is 10.2. The molecule has 1 rings (SSSR count). The third kappa shape index (κ3) is 4.74. The first kappa shape index (κ1) is 16.4. The maximum atomic E-state index is 12.0. The number of aromatic nitrogens is 2. The minimum atomic E-state index is -0.665. The van der Waals surface area contributed by atoms with Gasteiger partial charge in [0.1, 0.15) is 11.4 Å². The first-order valence-corrected chi connectivity index (χ1v) is 7.89. The van der Waals surface area contributed by atoms with E-state index in [0.717, 1.165) is 10.2 Å². The van der Waals surface area contributed by atoms with Crippen molar-refractivity contribution in [1.82, 2.24) is 14.7 Å². The summed E-state index contributed by atoms with van der Waals surface area (Å²) in [5, 5.41) is 3.31. The van der Waals surface area contributed by atoms with E-state index in [-0.39, 0.29) is 11.2 Å². The predicted octanol–water partition coefficient (Wildman–Crippen LogP) is 2.26. The van der Waals surface area contributed by atoms with E-state index < -0.39 is 5.54 Å². The van der Waals surface area contributed by atoms with Gasteiger partial charge < -0.3 is 10.1 Å². The molecule has 0 spiro atoms. The molecule has 19 heavy (non-hydrogen) atoms. The molecule has 0 aliphatic rings. The lowest BCUT2D eigenvalue weighted by atomic mass is 9.96. The van der Waals surface area contributed by atoms with Crippen molar-refractivity contribution < 1.29 is 9.53 Å². The van der Waals surface area contributed by atoms with Crippen molar-refractivity contribution in [2.24, 2.45) is 0 Å². The number of esters is 1. The Morgan fingerprint density at radius 3 is 2.79 bits per heavy atom. The van der Waals surface area contributed by atoms with E-state index in [9.17, 15) is 4.79 Å². The van der Waals surface area contributed by atoms with Crippen molar-refractivity contribution in [2.75, 3.05) is 13.7 Å². The molecule has 0 aliphatic heterocycles. The zero-order chi connectivity index (χ0) is 14.5. The molecule has 108 valence electrons. The SMILES string of the molecule is CCOC(=O)C(C)(CC(C)Sc1nc(C)ns1)NC. The average molecular weight is 303 g/mol. The van der Waals surface area contributed by atoms with Gasteiger partial charge in [0.15, 0.2) is 4.34 Å². The van der Waals surface area contributed by atoms with Crippen LogP contribution in [-0.2, 0) is 9.53 Å². The normalized spacial score (nSPS) is 15.8. The van der Waals surface area contributed by atoms with Crippen molar-refractivity contribution in [3.63, 3.8) is 0 Å². The van der Waals surface area contributed by atoms with Gasteiger partial charge in [-0.1, -0.05) is 18.7 Å². The minimum absolute atomic E-state index is 0.210. The van der Waals surface area contributed by atoms with E-state index >= 15 is 0 Å². The zero-order valence-electron chi connectivity index (χ0n) is 12.0. The molecular formula is C12H21N3O2S2. The third-order valence-electron chi connectivity index (χ3n) is 2.78. The van der Waals surface area contributed by atoms with Gasteiger partial charge in [-0.25, -0.2) is 4.98 Å². The number of hydrogen-bond acceptors (Lipinski definition) is 7. The molecule has 1 aromatic rings. The van der Waals surface area contributed by atoms with Gasteiger partial charge in [0.05, 0.1) is 6.61 Å². The monoisotopic (exact) mass is 303 g/mol. The number of aryl methyl sites for hydroxylation is 1. The van der Waals surface area contributed by atoms with Crippen molar-refractivity contribution in [1.29, 1.82) is 0 Å². The molecule has 0 radical (unpaired) electrons. The molecule has 7 heteroatoms. The Morgan fingerprint density at radius 1 is 1.63 bits per heavy atom. The van der Waals surface area contributed by atoms with Crippen molar-refractivity contribution >= 4 is 29.3 Å². The quantitative estimate of drug-likeness (QED) is 0.616. The third-order valence-corrected chi connectivity index (χ3v) is 4.76. The fraction of sp³-hybridized carbons (Fsp3) is 0.750. The van der Waals surface area contributed by atoms with Gasteiger partial charge in [-0.3, -0.25) is 4.79 Å². The Bertz CT molecular complexity index is 425. The lowest BCUT2D eigenvalue weighted by Gasteiger charge is -2.28. The lowest BCUT2D eigenvalue weighted by molar-refractivity contribution is -0.150. The van der Waals surface area contributed by atoms with Crippen LogP contribution in [0.4, 0.5) is 0 Å². The average Bonchev–Trinajstić information content (AvgIpc) is 2.74. The molecule has 0 amide bonds. The Kier molecular flexibility index (Phi) is 6.22. The van der Waals surface area contributed by atoms with E-state index in [4.69, 9.17) is 4.74 Å². The second-order valence-corrected chi connectivity index (χ2v) is 6.98. The van der Waals surface area contributed by atoms with E-state index in [0.29, 0.717) is 13.0 Å². The molecule has 0 saturated heterocycles. The number of nitrogens with one attached hydrogen (secondary N) is 1. The lowest BCUT2D eigenvalue weighted by Crippen LogP contribution is -2.50. The van der Waals surface area contributed by atoms with Crippen molar-refractivity contribution in [3.8, 4) is 0 Å². The molecule has 2 atom stereocenters. The summed E-state index contributed by atoms with van der Waals surface area (Å²) in [4.78, 5) is 16.3. The van der Waals surface area contributed by atoms with E-state index in [1.165, 1.54) is 11.5 Å². The summed E-state index contributed by atoms with van der Waals surface area (Å²) in [7, 11) is 1.78. The fourth-order valence-electron chi connectivity index (χ4n) is 1.69. The van der Waals surface area contributed by atoms with E-state index in [1.807, 2.05) is 20.8 Å². The predicted molar refractivity (Wildman–Crippen MR) is 78.7 cm³/mol. The first-order valence-electron chi connectivity index (χ1n) is 6.24. The number of ether oxygens (including phenoxy) is 1. The number of carbonyl (C=O) groups is 1. The topological polar surface area (TPSA) is 64.1 Å².